The Balaban J connectivity index is 2.30. The highest BCUT2D eigenvalue weighted by molar-refractivity contribution is 5.71. The third kappa shape index (κ3) is 8.35. The number of hydrogen-bond acceptors (Lipinski definition) is 8. The van der Waals surface area contributed by atoms with Crippen LogP contribution < -0.4 is 5.73 Å². The van der Waals surface area contributed by atoms with E-state index in [1.54, 1.807) is 12.2 Å². The Morgan fingerprint density at radius 3 is 2.37 bits per heavy atom. The molecular weight excluding hydrogens is 454 g/mol. The first-order valence-electron chi connectivity index (χ1n) is 12.6. The summed E-state index contributed by atoms with van der Waals surface area (Å²) in [6.07, 6.45) is 2.03. The summed E-state index contributed by atoms with van der Waals surface area (Å²) in [5.74, 6) is -3.78. The van der Waals surface area contributed by atoms with Crippen molar-refractivity contribution in [2.45, 2.75) is 109 Å². The summed E-state index contributed by atoms with van der Waals surface area (Å²) in [5.41, 5.74) is 6.17. The van der Waals surface area contributed by atoms with Gasteiger partial charge in [-0.05, 0) is 24.7 Å². The summed E-state index contributed by atoms with van der Waals surface area (Å²) in [6.45, 7) is 11.7. The summed E-state index contributed by atoms with van der Waals surface area (Å²) in [6, 6.07) is -0.551. The zero-order chi connectivity index (χ0) is 26.5. The zero-order valence-corrected chi connectivity index (χ0v) is 21.8. The molecule has 0 aromatic carbocycles. The Hall–Kier alpha value is -1.33. The van der Waals surface area contributed by atoms with E-state index in [4.69, 9.17) is 19.9 Å². The van der Waals surface area contributed by atoms with E-state index in [2.05, 4.69) is 0 Å². The van der Waals surface area contributed by atoms with Crippen molar-refractivity contribution in [2.24, 2.45) is 29.4 Å². The van der Waals surface area contributed by atoms with Gasteiger partial charge in [0.1, 0.15) is 12.0 Å². The molecule has 202 valence electrons. The summed E-state index contributed by atoms with van der Waals surface area (Å²) < 4.78 is 17.9. The van der Waals surface area contributed by atoms with Gasteiger partial charge in [0, 0.05) is 25.3 Å². The largest absolute Gasteiger partial charge is 0.481 e. The van der Waals surface area contributed by atoms with E-state index in [0.29, 0.717) is 5.92 Å². The number of aliphatic hydroxyl groups excluding tert-OH is 2. The number of ether oxygens (including phenoxy) is 3. The smallest absolute Gasteiger partial charge is 0.311 e. The Kier molecular flexibility index (Phi) is 10.9. The Morgan fingerprint density at radius 2 is 1.80 bits per heavy atom. The highest BCUT2D eigenvalue weighted by Crippen LogP contribution is 2.38. The van der Waals surface area contributed by atoms with E-state index in [0.717, 1.165) is 0 Å². The molecule has 0 spiro atoms. The Bertz CT molecular complexity index is 741. The first-order valence-corrected chi connectivity index (χ1v) is 12.6. The number of carboxylic acids is 1. The number of hydrogen-bond donors (Lipinski definition) is 5. The van der Waals surface area contributed by atoms with Gasteiger partial charge in [0.25, 0.3) is 0 Å². The standard InChI is InChI=1S/C26H45NO8/c1-14(2)9-7-8-10-18(34-25-23(29)22(27)16(5)17(6)33-25)11-20-21(24(30)31)19(28)13-26(32,35-20)12-15(3)4/h7-10,14-23,25,28-29,32H,11-13,27H2,1-6H3,(H,30,31)/b9-7+,10-8+/t16-,17-,18?,19+,20?,21-,22+,23+,25+,26-/m1/s1. The van der Waals surface area contributed by atoms with Gasteiger partial charge in [0.2, 0.25) is 0 Å². The van der Waals surface area contributed by atoms with E-state index in [-0.39, 0.29) is 37.2 Å². The molecule has 6 N–H and O–H groups in total. The summed E-state index contributed by atoms with van der Waals surface area (Å²) in [4.78, 5) is 12.0. The second-order valence-electron chi connectivity index (χ2n) is 10.9. The molecule has 0 aromatic rings. The van der Waals surface area contributed by atoms with Gasteiger partial charge in [0.05, 0.1) is 24.4 Å². The van der Waals surface area contributed by atoms with Crippen LogP contribution in [0.1, 0.15) is 60.8 Å². The number of nitrogens with two attached hydrogens (primary N) is 1. The molecule has 2 aliphatic heterocycles. The number of allylic oxidation sites excluding steroid dienone is 3. The molecular formula is C26H45NO8. The van der Waals surface area contributed by atoms with Crippen LogP contribution in [0.25, 0.3) is 0 Å². The molecule has 0 radical (unpaired) electrons. The van der Waals surface area contributed by atoms with Crippen molar-refractivity contribution in [2.75, 3.05) is 0 Å². The topological polar surface area (TPSA) is 152 Å². The van der Waals surface area contributed by atoms with Crippen molar-refractivity contribution in [1.82, 2.24) is 0 Å². The van der Waals surface area contributed by atoms with Crippen LogP contribution >= 0.6 is 0 Å². The molecule has 9 nitrogen and oxygen atoms in total. The van der Waals surface area contributed by atoms with Gasteiger partial charge in [-0.25, -0.2) is 0 Å². The molecule has 35 heavy (non-hydrogen) atoms. The summed E-state index contributed by atoms with van der Waals surface area (Å²) in [7, 11) is 0. The lowest BCUT2D eigenvalue weighted by Gasteiger charge is -2.45. The first kappa shape index (κ1) is 29.9. The molecule has 0 saturated carbocycles. The van der Waals surface area contributed by atoms with Crippen LogP contribution in [0.15, 0.2) is 24.3 Å². The van der Waals surface area contributed by atoms with Gasteiger partial charge in [-0.1, -0.05) is 58.9 Å². The molecule has 2 aliphatic rings. The second kappa shape index (κ2) is 12.8. The molecule has 9 heteroatoms. The molecule has 10 atom stereocenters. The van der Waals surface area contributed by atoms with Gasteiger partial charge in [-0.3, -0.25) is 4.79 Å². The fourth-order valence-electron chi connectivity index (χ4n) is 4.78. The van der Waals surface area contributed by atoms with Gasteiger partial charge >= 0.3 is 5.97 Å². The van der Waals surface area contributed by atoms with Crippen molar-refractivity contribution in [3.63, 3.8) is 0 Å². The van der Waals surface area contributed by atoms with E-state index in [1.807, 2.05) is 53.7 Å². The highest BCUT2D eigenvalue weighted by atomic mass is 16.7. The quantitative estimate of drug-likeness (QED) is 0.285. The minimum atomic E-state index is -1.65. The van der Waals surface area contributed by atoms with Gasteiger partial charge in [-0.15, -0.1) is 0 Å². The molecule has 2 heterocycles. The van der Waals surface area contributed by atoms with Crippen molar-refractivity contribution in [1.29, 1.82) is 0 Å². The predicted octanol–water partition coefficient (Wildman–Crippen LogP) is 2.18. The molecule has 0 bridgehead atoms. The van der Waals surface area contributed by atoms with Crippen LogP contribution in [0, 0.1) is 23.7 Å². The maximum absolute atomic E-state index is 12.0. The van der Waals surface area contributed by atoms with Gasteiger partial charge < -0.3 is 40.4 Å². The molecule has 2 rings (SSSR count). The third-order valence-corrected chi connectivity index (χ3v) is 6.80. The van der Waals surface area contributed by atoms with Crippen molar-refractivity contribution in [3.05, 3.63) is 24.3 Å². The monoisotopic (exact) mass is 499 g/mol. The van der Waals surface area contributed by atoms with E-state index >= 15 is 0 Å². The first-order chi connectivity index (χ1) is 16.2. The minimum Gasteiger partial charge on any atom is -0.481 e. The number of rotatable bonds is 10. The van der Waals surface area contributed by atoms with Crippen molar-refractivity contribution < 1.29 is 39.4 Å². The number of carboxylic acid groups (broad SMARTS) is 1. The van der Waals surface area contributed by atoms with E-state index in [1.165, 1.54) is 0 Å². The maximum atomic E-state index is 12.0. The van der Waals surface area contributed by atoms with Crippen LogP contribution in [0.3, 0.4) is 0 Å². The van der Waals surface area contributed by atoms with Crippen molar-refractivity contribution >= 4 is 5.97 Å². The van der Waals surface area contributed by atoms with Crippen LogP contribution in [-0.4, -0.2) is 75.0 Å². The predicted molar refractivity (Wildman–Crippen MR) is 131 cm³/mol. The molecule has 2 saturated heterocycles. The van der Waals surface area contributed by atoms with Crippen molar-refractivity contribution in [3.8, 4) is 0 Å². The summed E-state index contributed by atoms with van der Waals surface area (Å²) in [5, 5.41) is 42.1. The highest BCUT2D eigenvalue weighted by Gasteiger charge is 2.50. The van der Waals surface area contributed by atoms with Crippen LogP contribution in [0.2, 0.25) is 0 Å². The van der Waals surface area contributed by atoms with Crippen LogP contribution in [0.4, 0.5) is 0 Å². The second-order valence-corrected chi connectivity index (χ2v) is 10.9. The molecule has 0 amide bonds. The number of aliphatic carboxylic acids is 1. The molecule has 0 aliphatic carbocycles. The van der Waals surface area contributed by atoms with E-state index in [9.17, 15) is 25.2 Å². The molecule has 2 unspecified atom stereocenters. The summed E-state index contributed by atoms with van der Waals surface area (Å²) >= 11 is 0. The molecule has 0 aromatic heterocycles. The lowest BCUT2D eigenvalue weighted by molar-refractivity contribution is -0.304. The van der Waals surface area contributed by atoms with Crippen LogP contribution in [-0.2, 0) is 19.0 Å². The number of carbonyl (C=O) groups is 1. The normalized spacial score (nSPS) is 39.7. The zero-order valence-electron chi connectivity index (χ0n) is 21.8. The maximum Gasteiger partial charge on any atom is 0.311 e. The molecule has 2 fully saturated rings. The Morgan fingerprint density at radius 1 is 1.17 bits per heavy atom. The van der Waals surface area contributed by atoms with Gasteiger partial charge in [-0.2, -0.15) is 0 Å². The fraction of sp³-hybridized carbons (Fsp3) is 0.808. The lowest BCUT2D eigenvalue weighted by atomic mass is 9.82. The van der Waals surface area contributed by atoms with Gasteiger partial charge in [0.15, 0.2) is 12.1 Å². The van der Waals surface area contributed by atoms with E-state index < -0.39 is 54.4 Å². The Labute approximate surface area is 208 Å². The lowest BCUT2D eigenvalue weighted by Crippen LogP contribution is -2.58. The average Bonchev–Trinajstić information content (AvgIpc) is 2.71. The minimum absolute atomic E-state index is 0.0200. The van der Waals surface area contributed by atoms with Crippen LogP contribution in [0.5, 0.6) is 0 Å². The SMILES string of the molecule is CC(C)/C=C/C=C/C(CC1O[C@](O)(CC(C)C)C[C@H](O)[C@H]1C(=O)O)O[C@@H]1O[C@H](C)[C@@H](C)[C@H](N)[C@@H]1O. The third-order valence-electron chi connectivity index (χ3n) is 6.80. The average molecular weight is 500 g/mol. The fourth-order valence-corrected chi connectivity index (χ4v) is 4.78. The number of aliphatic hydroxyl groups is 3.